The molecule has 0 radical (unpaired) electrons. The van der Waals surface area contributed by atoms with Gasteiger partial charge in [0.05, 0.1) is 18.1 Å². The second-order valence-electron chi connectivity index (χ2n) is 6.45. The van der Waals surface area contributed by atoms with Gasteiger partial charge in [0.2, 0.25) is 0 Å². The van der Waals surface area contributed by atoms with Crippen LogP contribution in [0.4, 0.5) is 10.5 Å². The molecule has 0 saturated carbocycles. The number of likely N-dealkylation sites (N-methyl/N-ethyl adjacent to an activating group) is 1. The molecule has 1 unspecified atom stereocenters. The number of methoxy groups -OCH3 is 1. The molecule has 1 amide bonds. The zero-order chi connectivity index (χ0) is 18.7. The number of non-ortho nitro benzene ring substituents is 1. The number of rotatable bonds is 5. The summed E-state index contributed by atoms with van der Waals surface area (Å²) in [5.74, 6) is 0.134. The highest BCUT2D eigenvalue weighted by Gasteiger charge is 2.39. The molecule has 0 spiro atoms. The van der Waals surface area contributed by atoms with Crippen LogP contribution in [0, 0.1) is 10.1 Å². The van der Waals surface area contributed by atoms with Crippen molar-refractivity contribution in [3.63, 3.8) is 0 Å². The molecule has 24 heavy (non-hydrogen) atoms. The van der Waals surface area contributed by atoms with E-state index in [9.17, 15) is 19.7 Å². The third-order valence-electron chi connectivity index (χ3n) is 3.53. The largest absolute Gasteiger partial charge is 0.496 e. The summed E-state index contributed by atoms with van der Waals surface area (Å²) in [7, 11) is 2.75. The van der Waals surface area contributed by atoms with Gasteiger partial charge < -0.3 is 14.3 Å². The van der Waals surface area contributed by atoms with Gasteiger partial charge in [0.25, 0.3) is 5.69 Å². The Bertz CT molecular complexity index is 652. The first kappa shape index (κ1) is 19.4. The number of benzene rings is 1. The molecule has 0 heterocycles. The topological polar surface area (TPSA) is 99.0 Å². The second-order valence-corrected chi connectivity index (χ2v) is 6.45. The summed E-state index contributed by atoms with van der Waals surface area (Å²) >= 11 is 0. The number of carbonyl (C=O) groups excluding carboxylic acids is 2. The molecule has 0 N–H and O–H groups in total. The fraction of sp³-hybridized carbons (Fsp3) is 0.500. The number of amides is 1. The zero-order valence-electron chi connectivity index (χ0n) is 14.7. The van der Waals surface area contributed by atoms with Crippen molar-refractivity contribution in [1.29, 1.82) is 0 Å². The smallest absolute Gasteiger partial charge is 0.411 e. The van der Waals surface area contributed by atoms with Crippen LogP contribution in [-0.2, 0) is 15.1 Å². The number of carbonyl (C=O) groups is 2. The van der Waals surface area contributed by atoms with E-state index in [0.29, 0.717) is 11.8 Å². The van der Waals surface area contributed by atoms with Gasteiger partial charge in [0.1, 0.15) is 23.2 Å². The number of aldehydes is 1. The van der Waals surface area contributed by atoms with Gasteiger partial charge in [-0.2, -0.15) is 0 Å². The van der Waals surface area contributed by atoms with Gasteiger partial charge in [0, 0.05) is 18.7 Å². The van der Waals surface area contributed by atoms with Crippen LogP contribution >= 0.6 is 0 Å². The Labute approximate surface area is 140 Å². The maximum absolute atomic E-state index is 12.3. The van der Waals surface area contributed by atoms with Gasteiger partial charge in [-0.3, -0.25) is 15.0 Å². The van der Waals surface area contributed by atoms with E-state index in [-0.39, 0.29) is 11.4 Å². The van der Waals surface area contributed by atoms with E-state index in [1.165, 1.54) is 39.3 Å². The predicted octanol–water partition coefficient (Wildman–Crippen LogP) is 2.88. The highest BCUT2D eigenvalue weighted by atomic mass is 16.6. The minimum Gasteiger partial charge on any atom is -0.496 e. The average molecular weight is 338 g/mol. The zero-order valence-corrected chi connectivity index (χ0v) is 14.7. The van der Waals surface area contributed by atoms with Crippen molar-refractivity contribution in [3.05, 3.63) is 33.9 Å². The summed E-state index contributed by atoms with van der Waals surface area (Å²) in [4.78, 5) is 35.6. The molecule has 1 atom stereocenters. The number of hydrogen-bond acceptors (Lipinski definition) is 6. The monoisotopic (exact) mass is 338 g/mol. The van der Waals surface area contributed by atoms with Crippen LogP contribution in [0.2, 0.25) is 0 Å². The molecule has 0 aliphatic rings. The third kappa shape index (κ3) is 4.01. The lowest BCUT2D eigenvalue weighted by Crippen LogP contribution is -2.48. The molecule has 8 heteroatoms. The maximum Gasteiger partial charge on any atom is 0.411 e. The van der Waals surface area contributed by atoms with Gasteiger partial charge >= 0.3 is 6.09 Å². The van der Waals surface area contributed by atoms with Crippen LogP contribution < -0.4 is 4.74 Å². The molecule has 8 nitrogen and oxygen atoms in total. The first-order valence-corrected chi connectivity index (χ1v) is 7.22. The second kappa shape index (κ2) is 6.86. The van der Waals surface area contributed by atoms with E-state index >= 15 is 0 Å². The number of nitrogens with zero attached hydrogens (tertiary/aromatic N) is 2. The molecule has 132 valence electrons. The third-order valence-corrected chi connectivity index (χ3v) is 3.53. The summed E-state index contributed by atoms with van der Waals surface area (Å²) in [6.07, 6.45) is -0.127. The fourth-order valence-corrected chi connectivity index (χ4v) is 2.05. The summed E-state index contributed by atoms with van der Waals surface area (Å²) in [5, 5.41) is 10.9. The number of nitro groups is 1. The molecule has 1 aromatic carbocycles. The van der Waals surface area contributed by atoms with Crippen LogP contribution in [-0.4, -0.2) is 42.0 Å². The van der Waals surface area contributed by atoms with Crippen LogP contribution in [0.1, 0.15) is 33.3 Å². The summed E-state index contributed by atoms with van der Waals surface area (Å²) < 4.78 is 10.5. The fourth-order valence-electron chi connectivity index (χ4n) is 2.05. The Hall–Kier alpha value is -2.64. The Morgan fingerprint density at radius 2 is 1.88 bits per heavy atom. The Kier molecular flexibility index (Phi) is 5.54. The molecule has 0 aliphatic heterocycles. The van der Waals surface area contributed by atoms with Crippen LogP contribution in [0.25, 0.3) is 0 Å². The first-order chi connectivity index (χ1) is 11.0. The van der Waals surface area contributed by atoms with Gasteiger partial charge in [0.15, 0.2) is 0 Å². The number of ether oxygens (including phenoxy) is 2. The van der Waals surface area contributed by atoms with Crippen LogP contribution in [0.15, 0.2) is 18.2 Å². The maximum atomic E-state index is 12.3. The lowest BCUT2D eigenvalue weighted by molar-refractivity contribution is -0.385. The molecular formula is C16H22N2O6. The van der Waals surface area contributed by atoms with Crippen molar-refractivity contribution in [2.75, 3.05) is 14.2 Å². The minimum absolute atomic E-state index is 0.134. The summed E-state index contributed by atoms with van der Waals surface area (Å²) in [6, 6.07) is 3.86. The molecule has 1 aromatic rings. The first-order valence-electron chi connectivity index (χ1n) is 7.22. The predicted molar refractivity (Wildman–Crippen MR) is 87.1 cm³/mol. The highest BCUT2D eigenvalue weighted by Crippen LogP contribution is 2.35. The van der Waals surface area contributed by atoms with Crippen molar-refractivity contribution in [2.45, 2.75) is 38.8 Å². The van der Waals surface area contributed by atoms with Crippen LogP contribution in [0.3, 0.4) is 0 Å². The van der Waals surface area contributed by atoms with Crippen molar-refractivity contribution in [2.24, 2.45) is 0 Å². The van der Waals surface area contributed by atoms with Crippen molar-refractivity contribution >= 4 is 18.1 Å². The molecule has 0 aliphatic carbocycles. The van der Waals surface area contributed by atoms with Crippen LogP contribution in [0.5, 0.6) is 5.75 Å². The normalized spacial score (nSPS) is 13.6. The lowest BCUT2D eigenvalue weighted by Gasteiger charge is -2.36. The standard InChI is InChI=1S/C16H22N2O6/c1-15(2,3)24-14(20)17(5)16(4,10-19)12-8-7-11(18(21)22)9-13(12)23-6/h7-10H,1-6H3. The van der Waals surface area contributed by atoms with E-state index < -0.39 is 22.2 Å². The van der Waals surface area contributed by atoms with Crippen molar-refractivity contribution < 1.29 is 24.0 Å². The SMILES string of the molecule is COc1cc([N+](=O)[O-])ccc1C(C)(C=O)N(C)C(=O)OC(C)(C)C. The Morgan fingerprint density at radius 3 is 2.29 bits per heavy atom. The van der Waals surface area contributed by atoms with Gasteiger partial charge in [-0.25, -0.2) is 4.79 Å². The molecule has 1 rings (SSSR count). The Morgan fingerprint density at radius 1 is 1.29 bits per heavy atom. The quantitative estimate of drug-likeness (QED) is 0.465. The van der Waals surface area contributed by atoms with Gasteiger partial charge in [-0.1, -0.05) is 0 Å². The van der Waals surface area contributed by atoms with Crippen molar-refractivity contribution in [3.8, 4) is 5.75 Å². The van der Waals surface area contributed by atoms with E-state index in [0.717, 1.165) is 4.90 Å². The summed E-state index contributed by atoms with van der Waals surface area (Å²) in [5.41, 5.74) is -2.00. The number of nitro benzene ring substituents is 1. The molecule has 0 fully saturated rings. The van der Waals surface area contributed by atoms with E-state index in [1.54, 1.807) is 20.8 Å². The minimum atomic E-state index is -1.41. The summed E-state index contributed by atoms with van der Waals surface area (Å²) in [6.45, 7) is 6.64. The molecule has 0 saturated heterocycles. The average Bonchev–Trinajstić information content (AvgIpc) is 2.50. The van der Waals surface area contributed by atoms with E-state index in [1.807, 2.05) is 0 Å². The molecular weight excluding hydrogens is 316 g/mol. The molecule has 0 aromatic heterocycles. The van der Waals surface area contributed by atoms with E-state index in [4.69, 9.17) is 9.47 Å². The van der Waals surface area contributed by atoms with Gasteiger partial charge in [-0.05, 0) is 33.8 Å². The van der Waals surface area contributed by atoms with E-state index in [2.05, 4.69) is 0 Å². The molecule has 0 bridgehead atoms. The number of hydrogen-bond donors (Lipinski definition) is 0. The van der Waals surface area contributed by atoms with Gasteiger partial charge in [-0.15, -0.1) is 0 Å². The highest BCUT2D eigenvalue weighted by molar-refractivity contribution is 5.79. The van der Waals surface area contributed by atoms with Crippen molar-refractivity contribution in [1.82, 2.24) is 4.90 Å². The Balaban J connectivity index is 3.35. The lowest BCUT2D eigenvalue weighted by atomic mass is 9.91.